The number of hydrogen-bond donors (Lipinski definition) is 1. The fourth-order valence-corrected chi connectivity index (χ4v) is 3.91. The molecule has 1 N–H and O–H groups in total. The number of rotatable bonds is 3. The Hall–Kier alpha value is -0.420. The van der Waals surface area contributed by atoms with Gasteiger partial charge in [0, 0.05) is 37.8 Å². The fraction of sp³-hybridized carbons (Fsp3) is 0.647. The molecule has 1 heterocycles. The van der Waals surface area contributed by atoms with Gasteiger partial charge in [-0.15, -0.1) is 24.8 Å². The van der Waals surface area contributed by atoms with Crippen LogP contribution in [0.3, 0.4) is 0 Å². The van der Waals surface area contributed by atoms with Crippen molar-refractivity contribution in [3.05, 3.63) is 35.4 Å². The predicted molar refractivity (Wildman–Crippen MR) is 94.6 cm³/mol. The molecule has 2 fully saturated rings. The van der Waals surface area contributed by atoms with Crippen LogP contribution in [0.1, 0.15) is 43.7 Å². The van der Waals surface area contributed by atoms with Gasteiger partial charge >= 0.3 is 0 Å². The molecule has 1 saturated heterocycles. The van der Waals surface area contributed by atoms with Gasteiger partial charge < -0.3 is 5.32 Å². The summed E-state index contributed by atoms with van der Waals surface area (Å²) in [4.78, 5) is 2.35. The number of piperazine rings is 1. The maximum atomic E-state index is 14.3. The normalized spacial score (nSPS) is 21.1. The highest BCUT2D eigenvalue weighted by Gasteiger charge is 2.33. The zero-order chi connectivity index (χ0) is 14.7. The number of benzene rings is 1. The molecule has 1 aliphatic carbocycles. The van der Waals surface area contributed by atoms with E-state index in [2.05, 4.69) is 10.2 Å². The lowest BCUT2D eigenvalue weighted by atomic mass is 9.80. The number of nitrogens with one attached hydrogen (secondary N) is 1. The molecule has 0 radical (unpaired) electrons. The molecule has 0 amide bonds. The van der Waals surface area contributed by atoms with Gasteiger partial charge in [-0.2, -0.15) is 0 Å². The Morgan fingerprint density at radius 1 is 1.00 bits per heavy atom. The molecule has 2 aliphatic rings. The third kappa shape index (κ3) is 4.79. The molecule has 1 atom stereocenters. The second kappa shape index (κ2) is 9.77. The summed E-state index contributed by atoms with van der Waals surface area (Å²) in [6, 6.07) is 4.67. The maximum Gasteiger partial charge on any atom is 0.163 e. The first-order chi connectivity index (χ1) is 10.3. The summed E-state index contributed by atoms with van der Waals surface area (Å²) in [6.07, 6.45) is 5.96. The molecule has 132 valence electrons. The van der Waals surface area contributed by atoms with Crippen LogP contribution in [-0.4, -0.2) is 31.1 Å². The van der Waals surface area contributed by atoms with Crippen LogP contribution in [0.5, 0.6) is 0 Å². The van der Waals surface area contributed by atoms with E-state index in [1.54, 1.807) is 12.1 Å². The molecule has 0 aromatic heterocycles. The average Bonchev–Trinajstić information content (AvgIpc) is 2.54. The number of hydrogen-bond acceptors (Lipinski definition) is 2. The maximum absolute atomic E-state index is 14.3. The molecule has 2 nitrogen and oxygen atoms in total. The van der Waals surface area contributed by atoms with E-state index in [0.29, 0.717) is 11.5 Å². The van der Waals surface area contributed by atoms with E-state index < -0.39 is 11.6 Å². The van der Waals surface area contributed by atoms with Crippen molar-refractivity contribution in [1.82, 2.24) is 10.2 Å². The second-order valence-electron chi connectivity index (χ2n) is 6.27. The lowest BCUT2D eigenvalue weighted by Crippen LogP contribution is -2.47. The first-order valence-electron chi connectivity index (χ1n) is 8.16. The predicted octanol–water partition coefficient (Wildman–Crippen LogP) is 4.34. The van der Waals surface area contributed by atoms with Crippen LogP contribution in [0.2, 0.25) is 0 Å². The quantitative estimate of drug-likeness (QED) is 0.855. The summed E-state index contributed by atoms with van der Waals surface area (Å²) in [5.74, 6) is -0.914. The van der Waals surface area contributed by atoms with Crippen molar-refractivity contribution < 1.29 is 8.78 Å². The van der Waals surface area contributed by atoms with E-state index in [1.807, 2.05) is 0 Å². The molecular weight excluding hydrogens is 341 g/mol. The fourth-order valence-electron chi connectivity index (χ4n) is 3.91. The number of nitrogens with zero attached hydrogens (tertiary/aromatic N) is 1. The molecule has 6 heteroatoms. The summed E-state index contributed by atoms with van der Waals surface area (Å²) in [6.45, 7) is 3.69. The van der Waals surface area contributed by atoms with Crippen LogP contribution in [0.25, 0.3) is 0 Å². The Bertz CT molecular complexity index is 458. The molecule has 1 aromatic carbocycles. The third-order valence-corrected chi connectivity index (χ3v) is 4.94. The van der Waals surface area contributed by atoms with Gasteiger partial charge in [-0.1, -0.05) is 31.4 Å². The second-order valence-corrected chi connectivity index (χ2v) is 6.27. The minimum Gasteiger partial charge on any atom is -0.314 e. The van der Waals surface area contributed by atoms with E-state index in [4.69, 9.17) is 0 Å². The van der Waals surface area contributed by atoms with Crippen molar-refractivity contribution in [3.63, 3.8) is 0 Å². The van der Waals surface area contributed by atoms with Gasteiger partial charge in [0.2, 0.25) is 0 Å². The zero-order valence-corrected chi connectivity index (χ0v) is 14.9. The summed E-state index contributed by atoms with van der Waals surface area (Å²) in [7, 11) is 0. The van der Waals surface area contributed by atoms with Gasteiger partial charge in [-0.3, -0.25) is 4.90 Å². The summed E-state index contributed by atoms with van der Waals surface area (Å²) in [5.41, 5.74) is 0.559. The summed E-state index contributed by atoms with van der Waals surface area (Å²) in [5, 5.41) is 3.34. The van der Waals surface area contributed by atoms with E-state index >= 15 is 0 Å². The van der Waals surface area contributed by atoms with Gasteiger partial charge in [0.05, 0.1) is 0 Å². The smallest absolute Gasteiger partial charge is 0.163 e. The van der Waals surface area contributed by atoms with E-state index in [1.165, 1.54) is 25.3 Å². The highest BCUT2D eigenvalue weighted by Crippen LogP contribution is 2.39. The molecule has 1 aromatic rings. The van der Waals surface area contributed by atoms with Gasteiger partial charge in [-0.25, -0.2) is 8.78 Å². The van der Waals surface area contributed by atoms with Crippen molar-refractivity contribution in [2.75, 3.05) is 26.2 Å². The van der Waals surface area contributed by atoms with Crippen molar-refractivity contribution in [2.24, 2.45) is 5.92 Å². The molecule has 1 saturated carbocycles. The molecule has 3 rings (SSSR count). The lowest BCUT2D eigenvalue weighted by Gasteiger charge is -2.41. The van der Waals surface area contributed by atoms with Crippen molar-refractivity contribution >= 4 is 24.8 Å². The minimum atomic E-state index is -0.719. The minimum absolute atomic E-state index is 0. The molecule has 23 heavy (non-hydrogen) atoms. The lowest BCUT2D eigenvalue weighted by molar-refractivity contribution is 0.1000. The first kappa shape index (κ1) is 20.6. The van der Waals surface area contributed by atoms with Crippen LogP contribution in [0.4, 0.5) is 8.78 Å². The van der Waals surface area contributed by atoms with Gasteiger partial charge in [0.15, 0.2) is 11.6 Å². The SMILES string of the molecule is Cl.Cl.Fc1cccc([C@@H](C2CCCCC2)N2CCNCC2)c1F. The van der Waals surface area contributed by atoms with Crippen molar-refractivity contribution in [2.45, 2.75) is 38.1 Å². The monoisotopic (exact) mass is 366 g/mol. The molecule has 1 aliphatic heterocycles. The van der Waals surface area contributed by atoms with E-state index in [-0.39, 0.29) is 30.9 Å². The van der Waals surface area contributed by atoms with Crippen LogP contribution >= 0.6 is 24.8 Å². The Morgan fingerprint density at radius 3 is 2.30 bits per heavy atom. The molecule has 0 bridgehead atoms. The largest absolute Gasteiger partial charge is 0.314 e. The van der Waals surface area contributed by atoms with Crippen molar-refractivity contribution in [3.8, 4) is 0 Å². The summed E-state index contributed by atoms with van der Waals surface area (Å²) >= 11 is 0. The molecular formula is C17H26Cl2F2N2. The summed E-state index contributed by atoms with van der Waals surface area (Å²) < 4.78 is 28.0. The first-order valence-corrected chi connectivity index (χ1v) is 8.16. The highest BCUT2D eigenvalue weighted by molar-refractivity contribution is 5.85. The van der Waals surface area contributed by atoms with E-state index in [9.17, 15) is 8.78 Å². The Labute approximate surface area is 149 Å². The topological polar surface area (TPSA) is 15.3 Å². The van der Waals surface area contributed by atoms with Gasteiger partial charge in [-0.05, 0) is 24.8 Å². The molecule has 0 spiro atoms. The Kier molecular flexibility index (Phi) is 8.76. The zero-order valence-electron chi connectivity index (χ0n) is 13.3. The standard InChI is InChI=1S/C17H24F2N2.2ClH/c18-15-8-4-7-14(16(15)19)17(13-5-2-1-3-6-13)21-11-9-20-10-12-21;;/h4,7-8,13,17,20H,1-3,5-6,9-12H2;2*1H/t17-;;/m1../s1. The van der Waals surface area contributed by atoms with Crippen LogP contribution in [0.15, 0.2) is 18.2 Å². The van der Waals surface area contributed by atoms with Gasteiger partial charge in [0.1, 0.15) is 0 Å². The Balaban J connectivity index is 0.00000132. The van der Waals surface area contributed by atoms with Crippen LogP contribution in [-0.2, 0) is 0 Å². The number of halogens is 4. The van der Waals surface area contributed by atoms with Crippen LogP contribution in [0, 0.1) is 17.6 Å². The highest BCUT2D eigenvalue weighted by atomic mass is 35.5. The van der Waals surface area contributed by atoms with E-state index in [0.717, 1.165) is 39.0 Å². The van der Waals surface area contributed by atoms with Gasteiger partial charge in [0.25, 0.3) is 0 Å². The molecule has 0 unspecified atom stereocenters. The van der Waals surface area contributed by atoms with Crippen LogP contribution < -0.4 is 5.32 Å². The third-order valence-electron chi connectivity index (χ3n) is 4.94. The average molecular weight is 367 g/mol. The Morgan fingerprint density at radius 2 is 1.65 bits per heavy atom. The van der Waals surface area contributed by atoms with Crippen molar-refractivity contribution in [1.29, 1.82) is 0 Å².